The van der Waals surface area contributed by atoms with Gasteiger partial charge in [0.15, 0.2) is 0 Å². The number of H-pyrrole nitrogens is 1. The number of sulfonamides is 1. The lowest BCUT2D eigenvalue weighted by atomic mass is 10.1. The summed E-state index contributed by atoms with van der Waals surface area (Å²) in [5, 5.41) is 6.58. The molecule has 4 aromatic rings. The predicted molar refractivity (Wildman–Crippen MR) is 148 cm³/mol. The third-order valence-corrected chi connectivity index (χ3v) is 8.28. The van der Waals surface area contributed by atoms with E-state index >= 15 is 0 Å². The van der Waals surface area contributed by atoms with Crippen molar-refractivity contribution in [2.75, 3.05) is 26.2 Å². The number of hydrogen-bond acceptors (Lipinski definition) is 7. The molecule has 38 heavy (non-hydrogen) atoms. The minimum Gasteiger partial charge on any atom is -0.330 e. The van der Waals surface area contributed by atoms with Gasteiger partial charge in [0.05, 0.1) is 16.2 Å². The van der Waals surface area contributed by atoms with Crippen LogP contribution in [0, 0.1) is 0 Å². The van der Waals surface area contributed by atoms with Gasteiger partial charge in [-0.25, -0.2) is 18.1 Å². The van der Waals surface area contributed by atoms with E-state index in [1.165, 1.54) is 0 Å². The van der Waals surface area contributed by atoms with Gasteiger partial charge in [-0.15, -0.1) is 0 Å². The van der Waals surface area contributed by atoms with Gasteiger partial charge in [0.2, 0.25) is 15.8 Å². The molecule has 10 nitrogen and oxygen atoms in total. The maximum absolute atomic E-state index is 12.8. The molecule has 0 atom stereocenters. The maximum atomic E-state index is 12.8. The monoisotopic (exact) mass is 535 g/mol. The molecule has 5 rings (SSSR count). The number of fused-ring (bicyclic) bond motifs is 1. The second kappa shape index (κ2) is 11.6. The van der Waals surface area contributed by atoms with Crippen LogP contribution >= 0.6 is 0 Å². The number of nitrogens with two attached hydrogens (primary N) is 1. The van der Waals surface area contributed by atoms with Crippen molar-refractivity contribution < 1.29 is 8.42 Å². The van der Waals surface area contributed by atoms with Gasteiger partial charge < -0.3 is 16.4 Å². The van der Waals surface area contributed by atoms with Gasteiger partial charge in [-0.05, 0) is 68.7 Å². The lowest BCUT2D eigenvalue weighted by Crippen LogP contribution is -2.42. The molecule has 2 aromatic heterocycles. The summed E-state index contributed by atoms with van der Waals surface area (Å²) in [7, 11) is -3.60. The molecule has 1 saturated heterocycles. The Labute approximate surface area is 221 Å². The van der Waals surface area contributed by atoms with E-state index in [4.69, 9.17) is 5.73 Å². The molecule has 1 fully saturated rings. The molecule has 0 spiro atoms. The first-order chi connectivity index (χ1) is 18.4. The van der Waals surface area contributed by atoms with Crippen molar-refractivity contribution in [2.24, 2.45) is 5.73 Å². The molecular weight excluding hydrogens is 502 g/mol. The largest absolute Gasteiger partial charge is 0.330 e. The molecule has 0 amide bonds. The summed E-state index contributed by atoms with van der Waals surface area (Å²) < 4.78 is 30.2. The van der Waals surface area contributed by atoms with Crippen LogP contribution in [-0.4, -0.2) is 55.0 Å². The van der Waals surface area contributed by atoms with Crippen molar-refractivity contribution in [3.63, 3.8) is 0 Å². The summed E-state index contributed by atoms with van der Waals surface area (Å²) in [5.41, 5.74) is 9.16. The normalized spacial score (nSPS) is 14.8. The standard InChI is InChI=1S/C27H33N7O3S/c28-12-1-13-30-16-19-2-4-20(5-3-19)24-17-34-18-25(31-27(34)32-26(24)35)21-6-8-23(9-7-21)38(36,37)33-22-10-14-29-15-11-22/h2-9,17-18,22,29-30,33H,1,10-16,28H2,(H,31,32,35). The molecule has 1 aliphatic rings. The zero-order valence-corrected chi connectivity index (χ0v) is 21.9. The summed E-state index contributed by atoms with van der Waals surface area (Å²) in [6, 6.07) is 14.5. The van der Waals surface area contributed by atoms with E-state index in [1.54, 1.807) is 34.9 Å². The average Bonchev–Trinajstić information content (AvgIpc) is 3.34. The Morgan fingerprint density at radius 3 is 2.42 bits per heavy atom. The van der Waals surface area contributed by atoms with E-state index in [1.807, 2.05) is 30.5 Å². The van der Waals surface area contributed by atoms with Crippen molar-refractivity contribution in [3.8, 4) is 22.4 Å². The van der Waals surface area contributed by atoms with E-state index in [-0.39, 0.29) is 16.5 Å². The van der Waals surface area contributed by atoms with Crippen LogP contribution in [0.2, 0.25) is 0 Å². The van der Waals surface area contributed by atoms with Crippen LogP contribution in [0.4, 0.5) is 0 Å². The summed E-state index contributed by atoms with van der Waals surface area (Å²) in [5.74, 6) is 0.416. The van der Waals surface area contributed by atoms with Crippen molar-refractivity contribution in [2.45, 2.75) is 36.7 Å². The van der Waals surface area contributed by atoms with Crippen molar-refractivity contribution in [1.29, 1.82) is 0 Å². The number of piperidine rings is 1. The minimum atomic E-state index is -3.60. The van der Waals surface area contributed by atoms with Crippen LogP contribution in [-0.2, 0) is 16.6 Å². The summed E-state index contributed by atoms with van der Waals surface area (Å²) in [6.45, 7) is 3.89. The molecule has 2 aromatic carbocycles. The third kappa shape index (κ3) is 6.03. The van der Waals surface area contributed by atoms with E-state index < -0.39 is 10.0 Å². The Balaban J connectivity index is 1.33. The van der Waals surface area contributed by atoms with Crippen LogP contribution in [0.5, 0.6) is 0 Å². The Kier molecular flexibility index (Phi) is 8.01. The molecule has 0 bridgehead atoms. The Hall–Kier alpha value is -3.35. The topological polar surface area (TPSA) is 146 Å². The van der Waals surface area contributed by atoms with Gasteiger partial charge in [-0.3, -0.25) is 14.2 Å². The fourth-order valence-electron chi connectivity index (χ4n) is 4.59. The summed E-state index contributed by atoms with van der Waals surface area (Å²) >= 11 is 0. The zero-order valence-electron chi connectivity index (χ0n) is 21.1. The highest BCUT2D eigenvalue weighted by Gasteiger charge is 2.22. The molecule has 11 heteroatoms. The first-order valence-electron chi connectivity index (χ1n) is 12.9. The van der Waals surface area contributed by atoms with E-state index in [2.05, 4.69) is 25.3 Å². The first kappa shape index (κ1) is 26.3. The molecule has 200 valence electrons. The SMILES string of the molecule is NCCCNCc1ccc(-c2cn3cc(-c4ccc(S(=O)(=O)NC5CCNCC5)cc4)nc3[nH]c2=O)cc1. The lowest BCUT2D eigenvalue weighted by molar-refractivity contribution is 0.427. The van der Waals surface area contributed by atoms with Crippen LogP contribution in [0.25, 0.3) is 28.2 Å². The molecule has 1 aliphatic heterocycles. The zero-order chi connectivity index (χ0) is 26.5. The Bertz CT molecular complexity index is 1540. The quantitative estimate of drug-likeness (QED) is 0.195. The Morgan fingerprint density at radius 2 is 1.71 bits per heavy atom. The third-order valence-electron chi connectivity index (χ3n) is 6.74. The van der Waals surface area contributed by atoms with Crippen molar-refractivity contribution in [3.05, 3.63) is 76.8 Å². The van der Waals surface area contributed by atoms with Crippen molar-refractivity contribution >= 4 is 15.8 Å². The molecule has 0 aliphatic carbocycles. The highest BCUT2D eigenvalue weighted by atomic mass is 32.2. The molecular formula is C27H33N7O3S. The number of imidazole rings is 1. The van der Waals surface area contributed by atoms with Crippen LogP contribution in [0.15, 0.2) is 70.6 Å². The average molecular weight is 536 g/mol. The van der Waals surface area contributed by atoms with Crippen LogP contribution < -0.4 is 26.6 Å². The predicted octanol–water partition coefficient (Wildman–Crippen LogP) is 1.83. The minimum absolute atomic E-state index is 0.0559. The number of hydrogen-bond donors (Lipinski definition) is 5. The Morgan fingerprint density at radius 1 is 1.00 bits per heavy atom. The van der Waals surface area contributed by atoms with Crippen molar-refractivity contribution in [1.82, 2.24) is 29.7 Å². The van der Waals surface area contributed by atoms with Crippen LogP contribution in [0.3, 0.4) is 0 Å². The number of rotatable bonds is 10. The molecule has 0 saturated carbocycles. The first-order valence-corrected chi connectivity index (χ1v) is 14.4. The fraction of sp³-hybridized carbons (Fsp3) is 0.333. The number of aromatic amines is 1. The van der Waals surface area contributed by atoms with Gasteiger partial charge >= 0.3 is 0 Å². The maximum Gasteiger partial charge on any atom is 0.260 e. The highest BCUT2D eigenvalue weighted by Crippen LogP contribution is 2.23. The molecule has 6 N–H and O–H groups in total. The molecule has 3 heterocycles. The van der Waals surface area contributed by atoms with E-state index in [0.717, 1.165) is 62.1 Å². The van der Waals surface area contributed by atoms with E-state index in [9.17, 15) is 13.2 Å². The molecule has 0 unspecified atom stereocenters. The number of nitrogens with zero attached hydrogens (tertiary/aromatic N) is 2. The van der Waals surface area contributed by atoms with Gasteiger partial charge in [-0.2, -0.15) is 0 Å². The number of benzene rings is 2. The second-order valence-corrected chi connectivity index (χ2v) is 11.3. The van der Waals surface area contributed by atoms with E-state index in [0.29, 0.717) is 23.6 Å². The summed E-state index contributed by atoms with van der Waals surface area (Å²) in [4.78, 5) is 20.4. The van der Waals surface area contributed by atoms with Gasteiger partial charge in [-0.1, -0.05) is 36.4 Å². The summed E-state index contributed by atoms with van der Waals surface area (Å²) in [6.07, 6.45) is 6.06. The number of nitrogens with one attached hydrogen (secondary N) is 4. The smallest absolute Gasteiger partial charge is 0.260 e. The molecule has 0 radical (unpaired) electrons. The highest BCUT2D eigenvalue weighted by molar-refractivity contribution is 7.89. The lowest BCUT2D eigenvalue weighted by Gasteiger charge is -2.23. The second-order valence-electron chi connectivity index (χ2n) is 9.54. The fourth-order valence-corrected chi connectivity index (χ4v) is 5.89. The van der Waals surface area contributed by atoms with Gasteiger partial charge in [0.1, 0.15) is 0 Å². The van der Waals surface area contributed by atoms with Gasteiger partial charge in [0, 0.05) is 30.5 Å². The van der Waals surface area contributed by atoms with Crippen LogP contribution in [0.1, 0.15) is 24.8 Å². The van der Waals surface area contributed by atoms with Gasteiger partial charge in [0.25, 0.3) is 5.56 Å². The number of aromatic nitrogens is 3.